The largest absolute Gasteiger partial charge is 0.322 e. The Morgan fingerprint density at radius 3 is 2.50 bits per heavy atom. The SMILES string of the molecule is Cc1cc(Br)ccc1NC(=O)c1cccc(NS(C)(=O)=O)c1. The molecule has 0 aliphatic carbocycles. The quantitative estimate of drug-likeness (QED) is 0.850. The Hall–Kier alpha value is -1.86. The number of halogens is 1. The van der Waals surface area contributed by atoms with Crippen molar-refractivity contribution in [2.75, 3.05) is 16.3 Å². The maximum atomic E-state index is 12.3. The number of sulfonamides is 1. The fourth-order valence-electron chi connectivity index (χ4n) is 1.90. The van der Waals surface area contributed by atoms with Gasteiger partial charge in [0.05, 0.1) is 6.26 Å². The van der Waals surface area contributed by atoms with Crippen LogP contribution in [0.25, 0.3) is 0 Å². The Balaban J connectivity index is 2.21. The third-order valence-electron chi connectivity index (χ3n) is 2.86. The fourth-order valence-corrected chi connectivity index (χ4v) is 2.93. The number of aryl methyl sites for hydroxylation is 1. The molecule has 116 valence electrons. The van der Waals surface area contributed by atoms with Gasteiger partial charge in [0.1, 0.15) is 0 Å². The molecule has 0 atom stereocenters. The van der Waals surface area contributed by atoms with Crippen molar-refractivity contribution >= 4 is 43.2 Å². The number of carbonyl (C=O) groups excluding carboxylic acids is 1. The highest BCUT2D eigenvalue weighted by molar-refractivity contribution is 9.10. The highest BCUT2D eigenvalue weighted by Crippen LogP contribution is 2.21. The van der Waals surface area contributed by atoms with E-state index in [9.17, 15) is 13.2 Å². The molecule has 0 aliphatic heterocycles. The van der Waals surface area contributed by atoms with Crippen LogP contribution in [-0.2, 0) is 10.0 Å². The van der Waals surface area contributed by atoms with Crippen molar-refractivity contribution < 1.29 is 13.2 Å². The van der Waals surface area contributed by atoms with Crippen LogP contribution in [0.1, 0.15) is 15.9 Å². The summed E-state index contributed by atoms with van der Waals surface area (Å²) in [5, 5.41) is 2.81. The van der Waals surface area contributed by atoms with E-state index in [1.54, 1.807) is 24.3 Å². The van der Waals surface area contributed by atoms with Gasteiger partial charge in [-0.05, 0) is 48.9 Å². The van der Waals surface area contributed by atoms with E-state index in [2.05, 4.69) is 26.0 Å². The maximum absolute atomic E-state index is 12.3. The summed E-state index contributed by atoms with van der Waals surface area (Å²) in [7, 11) is -3.38. The predicted octanol–water partition coefficient (Wildman–Crippen LogP) is 3.38. The van der Waals surface area contributed by atoms with Crippen molar-refractivity contribution in [1.82, 2.24) is 0 Å². The molecular formula is C15H15BrN2O3S. The zero-order valence-corrected chi connectivity index (χ0v) is 14.5. The number of amides is 1. The Bertz CT molecular complexity index is 819. The van der Waals surface area contributed by atoms with Gasteiger partial charge in [0.2, 0.25) is 10.0 Å². The lowest BCUT2D eigenvalue weighted by Gasteiger charge is -2.10. The molecule has 0 saturated heterocycles. The minimum absolute atomic E-state index is 0.303. The number of benzene rings is 2. The third-order valence-corrected chi connectivity index (χ3v) is 3.96. The second-order valence-electron chi connectivity index (χ2n) is 4.87. The average molecular weight is 383 g/mol. The first kappa shape index (κ1) is 16.5. The zero-order valence-electron chi connectivity index (χ0n) is 12.1. The molecule has 0 fully saturated rings. The zero-order chi connectivity index (χ0) is 16.3. The highest BCUT2D eigenvalue weighted by Gasteiger charge is 2.10. The molecular weight excluding hydrogens is 368 g/mol. The van der Waals surface area contributed by atoms with Gasteiger partial charge in [0, 0.05) is 21.4 Å². The van der Waals surface area contributed by atoms with Gasteiger partial charge < -0.3 is 5.32 Å². The van der Waals surface area contributed by atoms with Crippen molar-refractivity contribution in [3.63, 3.8) is 0 Å². The van der Waals surface area contributed by atoms with Crippen LogP contribution in [0.3, 0.4) is 0 Å². The summed E-state index contributed by atoms with van der Waals surface area (Å²) in [6.45, 7) is 1.89. The number of carbonyl (C=O) groups is 1. The third kappa shape index (κ3) is 4.57. The number of anilines is 2. The summed E-state index contributed by atoms with van der Waals surface area (Å²) in [6, 6.07) is 11.9. The molecule has 2 aromatic carbocycles. The summed E-state index contributed by atoms with van der Waals surface area (Å²) in [5.41, 5.74) is 2.35. The number of rotatable bonds is 4. The summed E-state index contributed by atoms with van der Waals surface area (Å²) < 4.78 is 25.7. The monoisotopic (exact) mass is 382 g/mol. The summed E-state index contributed by atoms with van der Waals surface area (Å²) in [6.07, 6.45) is 1.06. The normalized spacial score (nSPS) is 11.0. The molecule has 2 aromatic rings. The van der Waals surface area contributed by atoms with E-state index in [0.717, 1.165) is 16.3 Å². The van der Waals surface area contributed by atoms with E-state index < -0.39 is 10.0 Å². The fraction of sp³-hybridized carbons (Fsp3) is 0.133. The molecule has 7 heteroatoms. The van der Waals surface area contributed by atoms with Crippen LogP contribution < -0.4 is 10.0 Å². The van der Waals surface area contributed by atoms with Crippen molar-refractivity contribution in [3.8, 4) is 0 Å². The van der Waals surface area contributed by atoms with Crippen LogP contribution >= 0.6 is 15.9 Å². The maximum Gasteiger partial charge on any atom is 0.255 e. The van der Waals surface area contributed by atoms with E-state index in [0.29, 0.717) is 16.9 Å². The van der Waals surface area contributed by atoms with Crippen molar-refractivity contribution in [3.05, 3.63) is 58.1 Å². The molecule has 0 heterocycles. The van der Waals surface area contributed by atoms with Crippen LogP contribution in [-0.4, -0.2) is 20.6 Å². The predicted molar refractivity (Wildman–Crippen MR) is 91.7 cm³/mol. The molecule has 0 aromatic heterocycles. The van der Waals surface area contributed by atoms with E-state index >= 15 is 0 Å². The van der Waals surface area contributed by atoms with E-state index in [1.807, 2.05) is 19.1 Å². The first-order valence-corrected chi connectivity index (χ1v) is 9.08. The second kappa shape index (κ2) is 6.50. The molecule has 0 radical (unpaired) electrons. The lowest BCUT2D eigenvalue weighted by atomic mass is 10.1. The van der Waals surface area contributed by atoms with Crippen LogP contribution in [0.5, 0.6) is 0 Å². The molecule has 0 unspecified atom stereocenters. The standard InChI is InChI=1S/C15H15BrN2O3S/c1-10-8-12(16)6-7-14(10)17-15(19)11-4-3-5-13(9-11)18-22(2,20)21/h3-9,18H,1-2H3,(H,17,19). The number of hydrogen-bond acceptors (Lipinski definition) is 3. The van der Waals surface area contributed by atoms with Gasteiger partial charge >= 0.3 is 0 Å². The first-order valence-electron chi connectivity index (χ1n) is 6.40. The van der Waals surface area contributed by atoms with Gasteiger partial charge in [-0.2, -0.15) is 0 Å². The van der Waals surface area contributed by atoms with Gasteiger partial charge in [-0.3, -0.25) is 9.52 Å². The smallest absolute Gasteiger partial charge is 0.255 e. The molecule has 0 bridgehead atoms. The van der Waals surface area contributed by atoms with Crippen molar-refractivity contribution in [2.45, 2.75) is 6.92 Å². The van der Waals surface area contributed by atoms with E-state index in [4.69, 9.17) is 0 Å². The Labute approximate surface area is 137 Å². The highest BCUT2D eigenvalue weighted by atomic mass is 79.9. The van der Waals surface area contributed by atoms with Crippen LogP contribution in [0.2, 0.25) is 0 Å². The lowest BCUT2D eigenvalue weighted by molar-refractivity contribution is 0.102. The molecule has 1 amide bonds. The average Bonchev–Trinajstić information content (AvgIpc) is 2.40. The number of nitrogens with one attached hydrogen (secondary N) is 2. The molecule has 0 aliphatic rings. The Morgan fingerprint density at radius 2 is 1.86 bits per heavy atom. The summed E-state index contributed by atoms with van der Waals surface area (Å²) in [4.78, 5) is 12.3. The molecule has 0 spiro atoms. The van der Waals surface area contributed by atoms with Crippen molar-refractivity contribution in [1.29, 1.82) is 0 Å². The van der Waals surface area contributed by atoms with Crippen LogP contribution in [0.15, 0.2) is 46.9 Å². The number of hydrogen-bond donors (Lipinski definition) is 2. The topological polar surface area (TPSA) is 75.3 Å². The van der Waals surface area contributed by atoms with Crippen molar-refractivity contribution in [2.24, 2.45) is 0 Å². The molecule has 2 rings (SSSR count). The second-order valence-corrected chi connectivity index (χ2v) is 7.53. The van der Waals surface area contributed by atoms with Gasteiger partial charge in [0.25, 0.3) is 5.91 Å². The lowest BCUT2D eigenvalue weighted by Crippen LogP contribution is -2.14. The van der Waals surface area contributed by atoms with Crippen LogP contribution in [0.4, 0.5) is 11.4 Å². The molecule has 5 nitrogen and oxygen atoms in total. The van der Waals surface area contributed by atoms with Gasteiger partial charge in [0.15, 0.2) is 0 Å². The minimum Gasteiger partial charge on any atom is -0.322 e. The summed E-state index contributed by atoms with van der Waals surface area (Å²) >= 11 is 3.37. The molecule has 0 saturated carbocycles. The van der Waals surface area contributed by atoms with Crippen LogP contribution in [0, 0.1) is 6.92 Å². The Morgan fingerprint density at radius 1 is 1.14 bits per heavy atom. The Kier molecular flexibility index (Phi) is 4.87. The van der Waals surface area contributed by atoms with Gasteiger partial charge in [-0.25, -0.2) is 8.42 Å². The molecule has 2 N–H and O–H groups in total. The molecule has 22 heavy (non-hydrogen) atoms. The first-order chi connectivity index (χ1) is 10.2. The summed E-state index contributed by atoms with van der Waals surface area (Å²) in [5.74, 6) is -0.303. The van der Waals surface area contributed by atoms with Gasteiger partial charge in [-0.15, -0.1) is 0 Å². The minimum atomic E-state index is -3.38. The van der Waals surface area contributed by atoms with Gasteiger partial charge in [-0.1, -0.05) is 22.0 Å². The van der Waals surface area contributed by atoms with E-state index in [1.165, 1.54) is 6.07 Å². The van der Waals surface area contributed by atoms with E-state index in [-0.39, 0.29) is 5.91 Å².